The Bertz CT molecular complexity index is 230. The van der Waals surface area contributed by atoms with Gasteiger partial charge in [-0.25, -0.2) is 10.2 Å². The van der Waals surface area contributed by atoms with Crippen molar-refractivity contribution in [3.8, 4) is 0 Å². The molecule has 0 bridgehead atoms. The second-order valence-electron chi connectivity index (χ2n) is 3.18. The highest BCUT2D eigenvalue weighted by atomic mass is 32.7. The van der Waals surface area contributed by atoms with Crippen LogP contribution in [0, 0.1) is 0 Å². The van der Waals surface area contributed by atoms with Crippen molar-refractivity contribution in [2.24, 2.45) is 0 Å². The minimum absolute atomic E-state index is 0.366. The summed E-state index contributed by atoms with van der Waals surface area (Å²) in [7, 11) is 0. The van der Waals surface area contributed by atoms with E-state index in [1.165, 1.54) is 11.4 Å². The van der Waals surface area contributed by atoms with Gasteiger partial charge in [-0.2, -0.15) is 0 Å². The molecule has 0 saturated carbocycles. The topological polar surface area (TPSA) is 41.1 Å². The molecule has 0 amide bonds. The standard InChI is InChI=1S/C10H21N2OPS/c1-5-8-11-14(13,12-9-6-2)15-10(4)7-3/h5-6,10H,1-2,7-9H2,3-4H3,(H2,11,12,13). The molecule has 0 saturated heterocycles. The average molecular weight is 248 g/mol. The van der Waals surface area contributed by atoms with Gasteiger partial charge in [-0.1, -0.05) is 37.4 Å². The number of hydrogen-bond donors (Lipinski definition) is 2. The molecule has 0 aliphatic rings. The van der Waals surface area contributed by atoms with Crippen molar-refractivity contribution in [1.82, 2.24) is 10.2 Å². The van der Waals surface area contributed by atoms with Crippen molar-refractivity contribution < 1.29 is 4.57 Å². The molecule has 0 aliphatic carbocycles. The Balaban J connectivity index is 4.31. The molecule has 0 rings (SSSR count). The summed E-state index contributed by atoms with van der Waals surface area (Å²) in [5.74, 6) is 0. The molecular weight excluding hydrogens is 227 g/mol. The summed E-state index contributed by atoms with van der Waals surface area (Å²) in [4.78, 5) is 0. The number of rotatable bonds is 9. The first kappa shape index (κ1) is 15.0. The first-order valence-corrected chi connectivity index (χ1v) is 8.27. The van der Waals surface area contributed by atoms with Crippen LogP contribution >= 0.6 is 18.0 Å². The summed E-state index contributed by atoms with van der Waals surface area (Å²) in [6, 6.07) is 0. The monoisotopic (exact) mass is 248 g/mol. The molecule has 0 fully saturated rings. The van der Waals surface area contributed by atoms with E-state index in [4.69, 9.17) is 0 Å². The Hall–Kier alpha value is -0.0200. The molecule has 3 nitrogen and oxygen atoms in total. The minimum Gasteiger partial charge on any atom is -0.277 e. The van der Waals surface area contributed by atoms with Crippen LogP contribution in [0.2, 0.25) is 0 Å². The lowest BCUT2D eigenvalue weighted by molar-refractivity contribution is 0.570. The summed E-state index contributed by atoms with van der Waals surface area (Å²) >= 11 is 1.46. The van der Waals surface area contributed by atoms with Gasteiger partial charge >= 0.3 is 0 Å². The molecule has 0 aromatic carbocycles. The number of nitrogens with one attached hydrogen (secondary N) is 2. The molecule has 0 aromatic rings. The second-order valence-corrected chi connectivity index (χ2v) is 8.10. The normalized spacial score (nSPS) is 13.5. The van der Waals surface area contributed by atoms with Crippen molar-refractivity contribution in [3.05, 3.63) is 25.3 Å². The van der Waals surface area contributed by atoms with E-state index in [1.807, 2.05) is 0 Å². The van der Waals surface area contributed by atoms with E-state index >= 15 is 0 Å². The van der Waals surface area contributed by atoms with Crippen LogP contribution in [-0.4, -0.2) is 18.3 Å². The predicted molar refractivity (Wildman–Crippen MR) is 71.3 cm³/mol. The highest BCUT2D eigenvalue weighted by molar-refractivity contribution is 8.57. The lowest BCUT2D eigenvalue weighted by Gasteiger charge is -2.21. The van der Waals surface area contributed by atoms with Crippen LogP contribution in [0.4, 0.5) is 0 Å². The third-order valence-electron chi connectivity index (χ3n) is 1.79. The SMILES string of the molecule is C=CCNP(=O)(NCC=C)SC(C)CC. The van der Waals surface area contributed by atoms with Crippen molar-refractivity contribution in [2.45, 2.75) is 25.5 Å². The van der Waals surface area contributed by atoms with Gasteiger partial charge in [0.25, 0.3) is 6.65 Å². The highest BCUT2D eigenvalue weighted by Crippen LogP contribution is 2.53. The van der Waals surface area contributed by atoms with Gasteiger partial charge in [-0.3, -0.25) is 4.57 Å². The molecule has 2 N–H and O–H groups in total. The Morgan fingerprint density at radius 3 is 2.13 bits per heavy atom. The maximum Gasteiger partial charge on any atom is 0.267 e. The molecule has 0 heterocycles. The molecule has 0 aliphatic heterocycles. The molecule has 0 radical (unpaired) electrons. The van der Waals surface area contributed by atoms with Crippen molar-refractivity contribution >= 4 is 18.0 Å². The van der Waals surface area contributed by atoms with E-state index in [0.29, 0.717) is 18.3 Å². The molecule has 15 heavy (non-hydrogen) atoms. The summed E-state index contributed by atoms with van der Waals surface area (Å²) in [5, 5.41) is 6.34. The van der Waals surface area contributed by atoms with Gasteiger partial charge in [0.1, 0.15) is 0 Å². The van der Waals surface area contributed by atoms with E-state index in [0.717, 1.165) is 6.42 Å². The fourth-order valence-electron chi connectivity index (χ4n) is 0.828. The number of hydrogen-bond acceptors (Lipinski definition) is 2. The van der Waals surface area contributed by atoms with E-state index < -0.39 is 6.65 Å². The van der Waals surface area contributed by atoms with Crippen LogP contribution in [0.25, 0.3) is 0 Å². The summed E-state index contributed by atoms with van der Waals surface area (Å²) in [6.07, 6.45) is 4.42. The fourth-order valence-corrected chi connectivity index (χ4v) is 5.35. The molecule has 0 spiro atoms. The van der Waals surface area contributed by atoms with Gasteiger partial charge < -0.3 is 0 Å². The Labute approximate surface area is 97.0 Å². The van der Waals surface area contributed by atoms with Gasteiger partial charge in [0.2, 0.25) is 0 Å². The van der Waals surface area contributed by atoms with Gasteiger partial charge in [0.15, 0.2) is 0 Å². The molecular formula is C10H21N2OPS. The van der Waals surface area contributed by atoms with Gasteiger partial charge in [0.05, 0.1) is 0 Å². The predicted octanol–water partition coefficient (Wildman–Crippen LogP) is 3.18. The Kier molecular flexibility index (Phi) is 8.16. The molecule has 5 heteroatoms. The molecule has 0 aromatic heterocycles. The van der Waals surface area contributed by atoms with Crippen LogP contribution < -0.4 is 10.2 Å². The summed E-state index contributed by atoms with van der Waals surface area (Å²) in [6.45, 7) is 9.91. The van der Waals surface area contributed by atoms with Gasteiger partial charge in [0, 0.05) is 18.3 Å². The maximum absolute atomic E-state index is 12.3. The third-order valence-corrected chi connectivity index (χ3v) is 6.72. The second kappa shape index (κ2) is 8.17. The van der Waals surface area contributed by atoms with E-state index in [9.17, 15) is 4.57 Å². The summed E-state index contributed by atoms with van der Waals surface area (Å²) < 4.78 is 12.3. The van der Waals surface area contributed by atoms with Gasteiger partial charge in [-0.05, 0) is 6.42 Å². The van der Waals surface area contributed by atoms with Crippen LogP contribution in [-0.2, 0) is 4.57 Å². The first-order chi connectivity index (χ1) is 7.08. The fraction of sp³-hybridized carbons (Fsp3) is 0.600. The van der Waals surface area contributed by atoms with Crippen LogP contribution in [0.3, 0.4) is 0 Å². The maximum atomic E-state index is 12.3. The largest absolute Gasteiger partial charge is 0.277 e. The van der Waals surface area contributed by atoms with Gasteiger partial charge in [-0.15, -0.1) is 13.2 Å². The quantitative estimate of drug-likeness (QED) is 0.486. The third kappa shape index (κ3) is 6.96. The zero-order valence-corrected chi connectivity index (χ0v) is 11.2. The molecule has 1 unspecified atom stereocenters. The Morgan fingerprint density at radius 1 is 1.33 bits per heavy atom. The van der Waals surface area contributed by atoms with E-state index in [2.05, 4.69) is 37.2 Å². The van der Waals surface area contributed by atoms with Crippen molar-refractivity contribution in [2.75, 3.05) is 13.1 Å². The minimum atomic E-state index is -2.55. The summed E-state index contributed by atoms with van der Waals surface area (Å²) in [5.41, 5.74) is 0. The van der Waals surface area contributed by atoms with E-state index in [1.54, 1.807) is 12.2 Å². The van der Waals surface area contributed by atoms with Crippen LogP contribution in [0.15, 0.2) is 25.3 Å². The zero-order valence-electron chi connectivity index (χ0n) is 9.53. The Morgan fingerprint density at radius 2 is 1.80 bits per heavy atom. The molecule has 1 atom stereocenters. The molecule has 88 valence electrons. The lowest BCUT2D eigenvalue weighted by atomic mass is 10.4. The zero-order chi connectivity index (χ0) is 11.7. The van der Waals surface area contributed by atoms with Crippen LogP contribution in [0.1, 0.15) is 20.3 Å². The first-order valence-electron chi connectivity index (χ1n) is 5.08. The van der Waals surface area contributed by atoms with Crippen molar-refractivity contribution in [3.63, 3.8) is 0 Å². The highest BCUT2D eigenvalue weighted by Gasteiger charge is 2.22. The average Bonchev–Trinajstić information content (AvgIpc) is 2.23. The van der Waals surface area contributed by atoms with Crippen LogP contribution in [0.5, 0.6) is 0 Å². The van der Waals surface area contributed by atoms with Crippen molar-refractivity contribution in [1.29, 1.82) is 0 Å². The lowest BCUT2D eigenvalue weighted by Crippen LogP contribution is -2.22. The smallest absolute Gasteiger partial charge is 0.267 e. The van der Waals surface area contributed by atoms with E-state index in [-0.39, 0.29) is 0 Å².